The molecule has 0 aliphatic heterocycles. The number of aromatic amines is 1. The Morgan fingerprint density at radius 1 is 1.59 bits per heavy atom. The molecule has 1 fully saturated rings. The Bertz CT molecular complexity index is 498. The zero-order chi connectivity index (χ0) is 11.9. The standard InChI is InChI=1S/C13H17N3S/c1-13(2)6-11(13)14-7-9-8-15-16-12(9)10-4-3-5-17-10/h3-5,8,11,14H,6-7H2,1-2H3,(H,15,16). The summed E-state index contributed by atoms with van der Waals surface area (Å²) < 4.78 is 0. The Kier molecular flexibility index (Phi) is 2.56. The van der Waals surface area contributed by atoms with Crippen LogP contribution in [0.1, 0.15) is 25.8 Å². The van der Waals surface area contributed by atoms with Gasteiger partial charge in [-0.05, 0) is 23.3 Å². The zero-order valence-corrected chi connectivity index (χ0v) is 11.0. The first-order valence-corrected chi connectivity index (χ1v) is 6.84. The fraction of sp³-hybridized carbons (Fsp3) is 0.462. The van der Waals surface area contributed by atoms with E-state index in [1.165, 1.54) is 16.9 Å². The Hall–Kier alpha value is -1.13. The highest BCUT2D eigenvalue weighted by atomic mass is 32.1. The average Bonchev–Trinajstić information content (AvgIpc) is 2.80. The van der Waals surface area contributed by atoms with Gasteiger partial charge in [0.05, 0.1) is 16.8 Å². The highest BCUT2D eigenvalue weighted by molar-refractivity contribution is 7.13. The maximum absolute atomic E-state index is 4.15. The molecule has 1 atom stereocenters. The minimum Gasteiger partial charge on any atom is -0.309 e. The molecule has 4 heteroatoms. The van der Waals surface area contributed by atoms with E-state index in [-0.39, 0.29) is 0 Å². The highest BCUT2D eigenvalue weighted by Crippen LogP contribution is 2.44. The molecule has 1 aliphatic carbocycles. The molecule has 0 radical (unpaired) electrons. The molecule has 2 N–H and O–H groups in total. The number of hydrogen-bond acceptors (Lipinski definition) is 3. The van der Waals surface area contributed by atoms with Gasteiger partial charge in [0.2, 0.25) is 0 Å². The molecule has 3 rings (SSSR count). The molecule has 1 saturated carbocycles. The molecule has 1 unspecified atom stereocenters. The van der Waals surface area contributed by atoms with Gasteiger partial charge in [-0.15, -0.1) is 11.3 Å². The SMILES string of the molecule is CC1(C)CC1NCc1cn[nH]c1-c1cccs1. The van der Waals surface area contributed by atoms with Gasteiger partial charge in [-0.1, -0.05) is 19.9 Å². The van der Waals surface area contributed by atoms with Crippen LogP contribution in [0.5, 0.6) is 0 Å². The zero-order valence-electron chi connectivity index (χ0n) is 10.2. The molecule has 2 aromatic rings. The van der Waals surface area contributed by atoms with E-state index in [2.05, 4.69) is 46.9 Å². The molecule has 0 bridgehead atoms. The van der Waals surface area contributed by atoms with Crippen LogP contribution in [0.15, 0.2) is 23.7 Å². The Morgan fingerprint density at radius 3 is 3.06 bits per heavy atom. The van der Waals surface area contributed by atoms with Gasteiger partial charge in [0.1, 0.15) is 0 Å². The Balaban J connectivity index is 1.70. The first kappa shape index (κ1) is 11.0. The van der Waals surface area contributed by atoms with Crippen LogP contribution in [-0.2, 0) is 6.54 Å². The third-order valence-corrected chi connectivity index (χ3v) is 4.43. The lowest BCUT2D eigenvalue weighted by atomic mass is 10.2. The van der Waals surface area contributed by atoms with Gasteiger partial charge >= 0.3 is 0 Å². The normalized spacial score (nSPS) is 21.6. The lowest BCUT2D eigenvalue weighted by Gasteiger charge is -2.06. The van der Waals surface area contributed by atoms with Crippen molar-refractivity contribution in [1.82, 2.24) is 15.5 Å². The van der Waals surface area contributed by atoms with Crippen molar-refractivity contribution in [3.8, 4) is 10.6 Å². The van der Waals surface area contributed by atoms with Gasteiger partial charge in [-0.25, -0.2) is 0 Å². The van der Waals surface area contributed by atoms with Gasteiger partial charge in [0, 0.05) is 18.2 Å². The molecule has 1 aliphatic rings. The fourth-order valence-electron chi connectivity index (χ4n) is 2.13. The first-order chi connectivity index (χ1) is 8.17. The summed E-state index contributed by atoms with van der Waals surface area (Å²) in [5.74, 6) is 0. The van der Waals surface area contributed by atoms with Crippen molar-refractivity contribution in [2.75, 3.05) is 0 Å². The Morgan fingerprint density at radius 2 is 2.41 bits per heavy atom. The number of aromatic nitrogens is 2. The molecule has 90 valence electrons. The summed E-state index contributed by atoms with van der Waals surface area (Å²) in [5, 5.41) is 12.9. The van der Waals surface area contributed by atoms with Gasteiger partial charge in [-0.2, -0.15) is 5.10 Å². The second kappa shape index (κ2) is 3.96. The Labute approximate surface area is 105 Å². The maximum Gasteiger partial charge on any atom is 0.0794 e. The molecule has 17 heavy (non-hydrogen) atoms. The highest BCUT2D eigenvalue weighted by Gasteiger charge is 2.45. The molecule has 0 saturated heterocycles. The largest absolute Gasteiger partial charge is 0.309 e. The molecule has 3 nitrogen and oxygen atoms in total. The molecule has 0 amide bonds. The predicted octanol–water partition coefficient (Wildman–Crippen LogP) is 3.03. The van der Waals surface area contributed by atoms with Crippen LogP contribution in [0.25, 0.3) is 10.6 Å². The molecular weight excluding hydrogens is 230 g/mol. The fourth-order valence-corrected chi connectivity index (χ4v) is 2.88. The third-order valence-electron chi connectivity index (χ3n) is 3.54. The van der Waals surface area contributed by atoms with E-state index in [9.17, 15) is 0 Å². The summed E-state index contributed by atoms with van der Waals surface area (Å²) in [7, 11) is 0. The van der Waals surface area contributed by atoms with E-state index in [1.807, 2.05) is 6.20 Å². The molecular formula is C13H17N3S. The van der Waals surface area contributed by atoms with Crippen LogP contribution < -0.4 is 5.32 Å². The summed E-state index contributed by atoms with van der Waals surface area (Å²) in [6.45, 7) is 5.51. The first-order valence-electron chi connectivity index (χ1n) is 5.96. The van der Waals surface area contributed by atoms with Crippen molar-refractivity contribution in [3.63, 3.8) is 0 Å². The van der Waals surface area contributed by atoms with Crippen molar-refractivity contribution in [2.45, 2.75) is 32.9 Å². The van der Waals surface area contributed by atoms with Crippen LogP contribution >= 0.6 is 11.3 Å². The predicted molar refractivity (Wildman–Crippen MR) is 70.9 cm³/mol. The summed E-state index contributed by atoms with van der Waals surface area (Å²) in [4.78, 5) is 1.26. The second-order valence-electron chi connectivity index (χ2n) is 5.37. The lowest BCUT2D eigenvalue weighted by molar-refractivity contribution is 0.542. The van der Waals surface area contributed by atoms with E-state index < -0.39 is 0 Å². The monoisotopic (exact) mass is 247 g/mol. The van der Waals surface area contributed by atoms with Crippen molar-refractivity contribution in [1.29, 1.82) is 0 Å². The number of nitrogens with one attached hydrogen (secondary N) is 2. The van der Waals surface area contributed by atoms with Gasteiger partial charge in [-0.3, -0.25) is 5.10 Å². The van der Waals surface area contributed by atoms with E-state index >= 15 is 0 Å². The number of rotatable bonds is 4. The number of thiophene rings is 1. The van der Waals surface area contributed by atoms with Crippen LogP contribution in [0.3, 0.4) is 0 Å². The van der Waals surface area contributed by atoms with E-state index in [4.69, 9.17) is 0 Å². The minimum absolute atomic E-state index is 0.479. The number of hydrogen-bond donors (Lipinski definition) is 2. The molecule has 2 heterocycles. The van der Waals surface area contributed by atoms with Crippen LogP contribution in [-0.4, -0.2) is 16.2 Å². The van der Waals surface area contributed by atoms with Crippen molar-refractivity contribution in [2.24, 2.45) is 5.41 Å². The quantitative estimate of drug-likeness (QED) is 0.872. The molecule has 2 aromatic heterocycles. The number of nitrogens with zero attached hydrogens (tertiary/aromatic N) is 1. The van der Waals surface area contributed by atoms with Crippen LogP contribution in [0, 0.1) is 5.41 Å². The summed E-state index contributed by atoms with van der Waals surface area (Å²) in [6, 6.07) is 4.86. The van der Waals surface area contributed by atoms with Crippen LogP contribution in [0.4, 0.5) is 0 Å². The maximum atomic E-state index is 4.15. The molecule has 0 spiro atoms. The van der Waals surface area contributed by atoms with Gasteiger partial charge in [0.25, 0.3) is 0 Å². The second-order valence-corrected chi connectivity index (χ2v) is 6.32. The topological polar surface area (TPSA) is 40.7 Å². The summed E-state index contributed by atoms with van der Waals surface area (Å²) in [5.41, 5.74) is 2.90. The lowest BCUT2D eigenvalue weighted by Crippen LogP contribution is -2.19. The number of H-pyrrole nitrogens is 1. The minimum atomic E-state index is 0.479. The van der Waals surface area contributed by atoms with Gasteiger partial charge in [0.15, 0.2) is 0 Å². The van der Waals surface area contributed by atoms with Gasteiger partial charge < -0.3 is 5.32 Å². The van der Waals surface area contributed by atoms with E-state index in [0.29, 0.717) is 11.5 Å². The van der Waals surface area contributed by atoms with Crippen molar-refractivity contribution < 1.29 is 0 Å². The van der Waals surface area contributed by atoms with E-state index in [1.54, 1.807) is 11.3 Å². The van der Waals surface area contributed by atoms with E-state index in [0.717, 1.165) is 12.2 Å². The van der Waals surface area contributed by atoms with Crippen molar-refractivity contribution >= 4 is 11.3 Å². The molecule has 0 aromatic carbocycles. The van der Waals surface area contributed by atoms with Crippen LogP contribution in [0.2, 0.25) is 0 Å². The smallest absolute Gasteiger partial charge is 0.0794 e. The summed E-state index contributed by atoms with van der Waals surface area (Å²) >= 11 is 1.75. The van der Waals surface area contributed by atoms with Crippen molar-refractivity contribution in [3.05, 3.63) is 29.3 Å². The third kappa shape index (κ3) is 2.15. The summed E-state index contributed by atoms with van der Waals surface area (Å²) in [6.07, 6.45) is 3.20. The average molecular weight is 247 g/mol.